The molecular weight excluding hydrogens is 292 g/mol. The number of hydrogen-bond acceptors (Lipinski definition) is 1. The van der Waals surface area contributed by atoms with Crippen LogP contribution < -0.4 is 0 Å². The topological polar surface area (TPSA) is 12.9 Å². The fourth-order valence-electron chi connectivity index (χ4n) is 1.41. The van der Waals surface area contributed by atoms with Crippen molar-refractivity contribution in [1.29, 1.82) is 0 Å². The summed E-state index contributed by atoms with van der Waals surface area (Å²) in [5.74, 6) is -0.271. The summed E-state index contributed by atoms with van der Waals surface area (Å²) in [6, 6.07) is 8.28. The number of alkyl halides is 1. The van der Waals surface area contributed by atoms with Crippen molar-refractivity contribution in [2.75, 3.05) is 0 Å². The Balaban J connectivity index is 2.50. The Morgan fingerprint density at radius 3 is 2.69 bits per heavy atom. The van der Waals surface area contributed by atoms with E-state index >= 15 is 0 Å². The molecule has 0 bridgehead atoms. The van der Waals surface area contributed by atoms with E-state index in [0.29, 0.717) is 21.5 Å². The number of benzene rings is 1. The molecule has 1 nitrogen and oxygen atoms in total. The summed E-state index contributed by atoms with van der Waals surface area (Å²) in [7, 11) is 0. The Labute approximate surface area is 106 Å². The maximum absolute atomic E-state index is 13.5. The first kappa shape index (κ1) is 11.6. The maximum Gasteiger partial charge on any atom is 0.131 e. The van der Waals surface area contributed by atoms with Crippen LogP contribution in [0.3, 0.4) is 0 Å². The highest BCUT2D eigenvalue weighted by atomic mass is 79.9. The van der Waals surface area contributed by atoms with Gasteiger partial charge < -0.3 is 0 Å². The first-order valence-electron chi connectivity index (χ1n) is 4.67. The van der Waals surface area contributed by atoms with Gasteiger partial charge in [0.15, 0.2) is 0 Å². The Bertz CT molecular complexity index is 516. The normalized spacial score (nSPS) is 10.4. The minimum atomic E-state index is -0.271. The number of pyridine rings is 1. The Morgan fingerprint density at radius 2 is 2.06 bits per heavy atom. The fraction of sp³-hybridized carbons (Fsp3) is 0.0833. The van der Waals surface area contributed by atoms with Crippen molar-refractivity contribution < 1.29 is 4.39 Å². The van der Waals surface area contributed by atoms with Crippen molar-refractivity contribution in [3.05, 3.63) is 53.1 Å². The van der Waals surface area contributed by atoms with Crippen LogP contribution in [-0.2, 0) is 5.33 Å². The molecule has 0 atom stereocenters. The van der Waals surface area contributed by atoms with Crippen molar-refractivity contribution in [3.8, 4) is 11.1 Å². The average Bonchev–Trinajstić information content (AvgIpc) is 2.29. The minimum absolute atomic E-state index is 0.271. The van der Waals surface area contributed by atoms with Crippen LogP contribution in [0.25, 0.3) is 11.1 Å². The van der Waals surface area contributed by atoms with Crippen LogP contribution in [0.1, 0.15) is 5.69 Å². The second-order valence-corrected chi connectivity index (χ2v) is 4.23. The molecule has 0 aliphatic heterocycles. The van der Waals surface area contributed by atoms with Crippen LogP contribution in [-0.4, -0.2) is 4.98 Å². The van der Waals surface area contributed by atoms with Crippen molar-refractivity contribution in [1.82, 2.24) is 4.98 Å². The number of halogens is 3. The highest BCUT2D eigenvalue weighted by Crippen LogP contribution is 2.26. The quantitative estimate of drug-likeness (QED) is 0.747. The lowest BCUT2D eigenvalue weighted by Gasteiger charge is -2.05. The number of rotatable bonds is 2. The summed E-state index contributed by atoms with van der Waals surface area (Å²) in [6.07, 6.45) is 1.63. The second-order valence-electron chi connectivity index (χ2n) is 3.27. The molecule has 1 heterocycles. The van der Waals surface area contributed by atoms with E-state index in [0.717, 1.165) is 5.69 Å². The van der Waals surface area contributed by atoms with E-state index in [1.165, 1.54) is 6.07 Å². The minimum Gasteiger partial charge on any atom is -0.258 e. The molecule has 0 fully saturated rings. The maximum atomic E-state index is 13.5. The van der Waals surface area contributed by atoms with Gasteiger partial charge in [-0.2, -0.15) is 0 Å². The van der Waals surface area contributed by atoms with Gasteiger partial charge in [-0.05, 0) is 12.1 Å². The Hall–Kier alpha value is -0.930. The third-order valence-corrected chi connectivity index (χ3v) is 3.09. The van der Waals surface area contributed by atoms with Crippen LogP contribution >= 0.6 is 27.5 Å². The van der Waals surface area contributed by atoms with Gasteiger partial charge in [-0.1, -0.05) is 45.7 Å². The van der Waals surface area contributed by atoms with Gasteiger partial charge in [-0.15, -0.1) is 0 Å². The van der Waals surface area contributed by atoms with Crippen LogP contribution in [0, 0.1) is 5.82 Å². The largest absolute Gasteiger partial charge is 0.258 e. The van der Waals surface area contributed by atoms with E-state index in [1.54, 1.807) is 30.5 Å². The zero-order valence-electron chi connectivity index (χ0n) is 8.25. The molecule has 1 aromatic heterocycles. The van der Waals surface area contributed by atoms with Crippen molar-refractivity contribution in [2.45, 2.75) is 5.33 Å². The van der Waals surface area contributed by atoms with Gasteiger partial charge in [0.1, 0.15) is 5.82 Å². The van der Waals surface area contributed by atoms with Gasteiger partial charge in [0.2, 0.25) is 0 Å². The Kier molecular flexibility index (Phi) is 3.56. The van der Waals surface area contributed by atoms with Gasteiger partial charge in [-0.25, -0.2) is 4.39 Å². The predicted molar refractivity (Wildman–Crippen MR) is 67.3 cm³/mol. The van der Waals surface area contributed by atoms with E-state index in [4.69, 9.17) is 11.6 Å². The Morgan fingerprint density at radius 1 is 1.31 bits per heavy atom. The lowest BCUT2D eigenvalue weighted by Crippen LogP contribution is -1.90. The van der Waals surface area contributed by atoms with E-state index in [9.17, 15) is 4.39 Å². The molecule has 4 heteroatoms. The van der Waals surface area contributed by atoms with Crippen LogP contribution in [0.2, 0.25) is 5.02 Å². The highest BCUT2D eigenvalue weighted by molar-refractivity contribution is 9.08. The summed E-state index contributed by atoms with van der Waals surface area (Å²) >= 11 is 9.30. The van der Waals surface area contributed by atoms with E-state index in [2.05, 4.69) is 20.9 Å². The van der Waals surface area contributed by atoms with Gasteiger partial charge >= 0.3 is 0 Å². The number of aromatic nitrogens is 1. The summed E-state index contributed by atoms with van der Waals surface area (Å²) in [6.45, 7) is 0. The summed E-state index contributed by atoms with van der Waals surface area (Å²) < 4.78 is 13.5. The van der Waals surface area contributed by atoms with E-state index in [-0.39, 0.29) is 5.82 Å². The van der Waals surface area contributed by atoms with Gasteiger partial charge in [0.25, 0.3) is 0 Å². The third kappa shape index (κ3) is 2.25. The molecule has 0 saturated carbocycles. The molecule has 0 N–H and O–H groups in total. The van der Waals surface area contributed by atoms with Crippen LogP contribution in [0.15, 0.2) is 36.5 Å². The summed E-state index contributed by atoms with van der Waals surface area (Å²) in [5, 5.41) is 1.13. The molecule has 2 rings (SSSR count). The zero-order chi connectivity index (χ0) is 11.5. The van der Waals surface area contributed by atoms with Crippen molar-refractivity contribution >= 4 is 27.5 Å². The van der Waals surface area contributed by atoms with E-state index in [1.807, 2.05) is 0 Å². The third-order valence-electron chi connectivity index (χ3n) is 2.23. The fourth-order valence-corrected chi connectivity index (χ4v) is 2.25. The SMILES string of the molecule is Fc1ccccc1-c1cnc(CBr)c(Cl)c1. The molecule has 0 spiro atoms. The predicted octanol–water partition coefficient (Wildman–Crippen LogP) is 4.44. The molecule has 0 aliphatic carbocycles. The molecule has 0 unspecified atom stereocenters. The second kappa shape index (κ2) is 4.93. The van der Waals surface area contributed by atoms with Crippen molar-refractivity contribution in [2.24, 2.45) is 0 Å². The van der Waals surface area contributed by atoms with E-state index < -0.39 is 0 Å². The van der Waals surface area contributed by atoms with Crippen LogP contribution in [0.5, 0.6) is 0 Å². The van der Waals surface area contributed by atoms with Gasteiger partial charge in [0, 0.05) is 22.7 Å². The number of nitrogens with zero attached hydrogens (tertiary/aromatic N) is 1. The average molecular weight is 301 g/mol. The lowest BCUT2D eigenvalue weighted by atomic mass is 10.1. The standard InChI is InChI=1S/C12H8BrClFN/c13-6-12-10(14)5-8(7-16-12)9-3-1-2-4-11(9)15/h1-5,7H,6H2. The molecule has 0 aliphatic rings. The first-order valence-corrected chi connectivity index (χ1v) is 6.17. The molecule has 2 aromatic rings. The molecule has 16 heavy (non-hydrogen) atoms. The monoisotopic (exact) mass is 299 g/mol. The summed E-state index contributed by atoms with van der Waals surface area (Å²) in [5.41, 5.74) is 1.95. The zero-order valence-corrected chi connectivity index (χ0v) is 10.6. The first-order chi connectivity index (χ1) is 7.72. The van der Waals surface area contributed by atoms with Crippen molar-refractivity contribution in [3.63, 3.8) is 0 Å². The lowest BCUT2D eigenvalue weighted by molar-refractivity contribution is 0.631. The molecular formula is C12H8BrClFN. The summed E-state index contributed by atoms with van der Waals surface area (Å²) in [4.78, 5) is 4.17. The molecule has 0 radical (unpaired) electrons. The van der Waals surface area contributed by atoms with Gasteiger partial charge in [0.05, 0.1) is 10.7 Å². The molecule has 1 aromatic carbocycles. The molecule has 0 saturated heterocycles. The van der Waals surface area contributed by atoms with Gasteiger partial charge in [-0.3, -0.25) is 4.98 Å². The highest BCUT2D eigenvalue weighted by Gasteiger charge is 2.07. The molecule has 82 valence electrons. The smallest absolute Gasteiger partial charge is 0.131 e. The number of hydrogen-bond donors (Lipinski definition) is 0. The molecule has 0 amide bonds. The van der Waals surface area contributed by atoms with Crippen LogP contribution in [0.4, 0.5) is 4.39 Å².